The summed E-state index contributed by atoms with van der Waals surface area (Å²) >= 11 is 0. The van der Waals surface area contributed by atoms with E-state index in [-0.39, 0.29) is 17.1 Å². The van der Waals surface area contributed by atoms with E-state index in [1.54, 1.807) is 36.7 Å². The second-order valence-corrected chi connectivity index (χ2v) is 5.93. The highest BCUT2D eigenvalue weighted by Crippen LogP contribution is 2.22. The van der Waals surface area contributed by atoms with Gasteiger partial charge in [0.2, 0.25) is 5.65 Å². The molecule has 4 rings (SSSR count). The highest BCUT2D eigenvalue weighted by atomic mass is 16.2. The molecular formula is C18H15N5O2. The maximum Gasteiger partial charge on any atom is 0.294 e. The Bertz CT molecular complexity index is 1160. The van der Waals surface area contributed by atoms with Gasteiger partial charge in [0.05, 0.1) is 11.0 Å². The number of carbonyl (C=O) groups is 1. The summed E-state index contributed by atoms with van der Waals surface area (Å²) in [6.45, 7) is 0. The van der Waals surface area contributed by atoms with Crippen LogP contribution in [0.5, 0.6) is 0 Å². The number of aromatic amines is 1. The van der Waals surface area contributed by atoms with Gasteiger partial charge in [0, 0.05) is 25.2 Å². The fourth-order valence-electron chi connectivity index (χ4n) is 2.83. The van der Waals surface area contributed by atoms with E-state index < -0.39 is 0 Å². The fourth-order valence-corrected chi connectivity index (χ4v) is 2.83. The SMILES string of the molecule is CN(C)C(=O)c1ccc2[nH]c(=O)c3nnc(-c4ccccc4)n3c2c1. The predicted molar refractivity (Wildman–Crippen MR) is 94.6 cm³/mol. The van der Waals surface area contributed by atoms with E-state index in [1.807, 2.05) is 30.3 Å². The third kappa shape index (κ3) is 2.37. The molecule has 25 heavy (non-hydrogen) atoms. The number of aromatic nitrogens is 4. The van der Waals surface area contributed by atoms with Crippen LogP contribution in [0.4, 0.5) is 0 Å². The lowest BCUT2D eigenvalue weighted by atomic mass is 10.1. The van der Waals surface area contributed by atoms with Gasteiger partial charge >= 0.3 is 0 Å². The molecule has 0 aliphatic rings. The van der Waals surface area contributed by atoms with E-state index in [0.29, 0.717) is 22.4 Å². The largest absolute Gasteiger partial charge is 0.345 e. The second kappa shape index (κ2) is 5.55. The monoisotopic (exact) mass is 333 g/mol. The summed E-state index contributed by atoms with van der Waals surface area (Å²) in [5.74, 6) is 0.441. The Labute approximate surface area is 142 Å². The maximum absolute atomic E-state index is 12.3. The van der Waals surface area contributed by atoms with E-state index in [2.05, 4.69) is 15.2 Å². The Morgan fingerprint density at radius 1 is 1.08 bits per heavy atom. The molecule has 7 nitrogen and oxygen atoms in total. The summed E-state index contributed by atoms with van der Waals surface area (Å²) in [5.41, 5.74) is 2.52. The van der Waals surface area contributed by atoms with Crippen LogP contribution in [-0.4, -0.2) is 44.5 Å². The van der Waals surface area contributed by atoms with Crippen LogP contribution < -0.4 is 5.56 Å². The fraction of sp³-hybridized carbons (Fsp3) is 0.111. The lowest BCUT2D eigenvalue weighted by molar-refractivity contribution is 0.0827. The summed E-state index contributed by atoms with van der Waals surface area (Å²) in [6, 6.07) is 14.7. The zero-order valence-corrected chi connectivity index (χ0v) is 13.7. The molecule has 0 spiro atoms. The molecule has 0 unspecified atom stereocenters. The summed E-state index contributed by atoms with van der Waals surface area (Å²) in [6.07, 6.45) is 0. The van der Waals surface area contributed by atoms with Crippen LogP contribution in [0.25, 0.3) is 28.1 Å². The van der Waals surface area contributed by atoms with Crippen LogP contribution in [0.15, 0.2) is 53.3 Å². The third-order valence-corrected chi connectivity index (χ3v) is 4.04. The number of hydrogen-bond acceptors (Lipinski definition) is 4. The zero-order valence-electron chi connectivity index (χ0n) is 13.7. The molecule has 0 aliphatic carbocycles. The van der Waals surface area contributed by atoms with E-state index in [1.165, 1.54) is 4.90 Å². The quantitative estimate of drug-likeness (QED) is 0.608. The van der Waals surface area contributed by atoms with Gasteiger partial charge in [0.25, 0.3) is 11.5 Å². The van der Waals surface area contributed by atoms with Crippen LogP contribution in [-0.2, 0) is 0 Å². The molecule has 0 saturated heterocycles. The van der Waals surface area contributed by atoms with E-state index in [0.717, 1.165) is 5.56 Å². The Balaban J connectivity index is 2.09. The molecule has 2 aromatic carbocycles. The minimum atomic E-state index is -0.325. The van der Waals surface area contributed by atoms with Gasteiger partial charge in [-0.05, 0) is 18.2 Å². The normalized spacial score (nSPS) is 11.1. The number of H-pyrrole nitrogens is 1. The first-order chi connectivity index (χ1) is 12.1. The molecule has 7 heteroatoms. The predicted octanol–water partition coefficient (Wildman–Crippen LogP) is 1.94. The van der Waals surface area contributed by atoms with Crippen molar-refractivity contribution in [2.24, 2.45) is 0 Å². The molecule has 0 aliphatic heterocycles. The van der Waals surface area contributed by atoms with E-state index in [9.17, 15) is 9.59 Å². The number of fused-ring (bicyclic) bond motifs is 3. The molecule has 2 aromatic heterocycles. The molecule has 4 aromatic rings. The van der Waals surface area contributed by atoms with Crippen molar-refractivity contribution in [3.05, 3.63) is 64.4 Å². The highest BCUT2D eigenvalue weighted by molar-refractivity contribution is 5.97. The number of nitrogens with zero attached hydrogens (tertiary/aromatic N) is 4. The van der Waals surface area contributed by atoms with Crippen LogP contribution in [0.1, 0.15) is 10.4 Å². The molecule has 0 atom stereocenters. The van der Waals surface area contributed by atoms with Crippen LogP contribution in [0, 0.1) is 0 Å². The number of benzene rings is 2. The standard InChI is InChI=1S/C18H15N5O2/c1-22(2)18(25)12-8-9-13-14(10-12)23-15(11-6-4-3-5-7-11)20-21-16(23)17(24)19-13/h3-10H,1-2H3,(H,19,24). The Morgan fingerprint density at radius 3 is 2.56 bits per heavy atom. The van der Waals surface area contributed by atoms with Crippen molar-refractivity contribution in [3.8, 4) is 11.4 Å². The minimum Gasteiger partial charge on any atom is -0.345 e. The average molecular weight is 333 g/mol. The number of carbonyl (C=O) groups excluding carboxylic acids is 1. The van der Waals surface area contributed by atoms with E-state index >= 15 is 0 Å². The number of hydrogen-bond donors (Lipinski definition) is 1. The molecule has 0 bridgehead atoms. The van der Waals surface area contributed by atoms with Crippen molar-refractivity contribution < 1.29 is 4.79 Å². The van der Waals surface area contributed by atoms with Crippen molar-refractivity contribution >= 4 is 22.6 Å². The van der Waals surface area contributed by atoms with Gasteiger partial charge in [-0.25, -0.2) is 0 Å². The van der Waals surface area contributed by atoms with Crippen molar-refractivity contribution in [2.75, 3.05) is 14.1 Å². The number of amides is 1. The molecule has 2 heterocycles. The molecular weight excluding hydrogens is 318 g/mol. The summed E-state index contributed by atoms with van der Waals surface area (Å²) in [5, 5.41) is 8.21. The zero-order chi connectivity index (χ0) is 17.6. The molecule has 0 fully saturated rings. The summed E-state index contributed by atoms with van der Waals surface area (Å²) in [4.78, 5) is 28.9. The van der Waals surface area contributed by atoms with Crippen molar-refractivity contribution in [3.63, 3.8) is 0 Å². The molecule has 0 radical (unpaired) electrons. The first-order valence-electron chi connectivity index (χ1n) is 7.74. The smallest absolute Gasteiger partial charge is 0.294 e. The Morgan fingerprint density at radius 2 is 1.84 bits per heavy atom. The molecule has 1 N–H and O–H groups in total. The maximum atomic E-state index is 12.3. The van der Waals surface area contributed by atoms with Crippen LogP contribution in [0.3, 0.4) is 0 Å². The van der Waals surface area contributed by atoms with Gasteiger partial charge in [0.1, 0.15) is 0 Å². The first-order valence-corrected chi connectivity index (χ1v) is 7.74. The van der Waals surface area contributed by atoms with Crippen LogP contribution >= 0.6 is 0 Å². The van der Waals surface area contributed by atoms with Gasteiger partial charge < -0.3 is 9.88 Å². The van der Waals surface area contributed by atoms with Crippen molar-refractivity contribution in [2.45, 2.75) is 0 Å². The van der Waals surface area contributed by atoms with Gasteiger partial charge in [0.15, 0.2) is 5.82 Å². The van der Waals surface area contributed by atoms with Crippen molar-refractivity contribution in [1.29, 1.82) is 0 Å². The topological polar surface area (TPSA) is 83.4 Å². The highest BCUT2D eigenvalue weighted by Gasteiger charge is 2.16. The van der Waals surface area contributed by atoms with E-state index in [4.69, 9.17) is 0 Å². The third-order valence-electron chi connectivity index (χ3n) is 4.04. The minimum absolute atomic E-state index is 0.115. The first kappa shape index (κ1) is 15.1. The second-order valence-electron chi connectivity index (χ2n) is 5.93. The van der Waals surface area contributed by atoms with Gasteiger partial charge in [-0.2, -0.15) is 0 Å². The number of rotatable bonds is 2. The van der Waals surface area contributed by atoms with Gasteiger partial charge in [-0.3, -0.25) is 14.0 Å². The molecule has 124 valence electrons. The summed E-state index contributed by atoms with van der Waals surface area (Å²) in [7, 11) is 3.40. The molecule has 0 saturated carbocycles. The Kier molecular flexibility index (Phi) is 3.35. The Hall–Kier alpha value is -3.48. The lowest BCUT2D eigenvalue weighted by Gasteiger charge is -2.11. The lowest BCUT2D eigenvalue weighted by Crippen LogP contribution is -2.21. The molecule has 1 amide bonds. The summed E-state index contributed by atoms with van der Waals surface area (Å²) < 4.78 is 1.69. The van der Waals surface area contributed by atoms with Crippen molar-refractivity contribution in [1.82, 2.24) is 24.5 Å². The van der Waals surface area contributed by atoms with Gasteiger partial charge in [-0.15, -0.1) is 10.2 Å². The van der Waals surface area contributed by atoms with Crippen LogP contribution in [0.2, 0.25) is 0 Å². The van der Waals surface area contributed by atoms with Gasteiger partial charge in [-0.1, -0.05) is 30.3 Å². The average Bonchev–Trinajstić information content (AvgIpc) is 3.07. The number of nitrogens with one attached hydrogen (secondary N) is 1.